The fraction of sp³-hybridized carbons (Fsp3) is 0.429. The van der Waals surface area contributed by atoms with Gasteiger partial charge in [0.15, 0.2) is 0 Å². The third-order valence-corrected chi connectivity index (χ3v) is 1.46. The van der Waals surface area contributed by atoms with E-state index in [1.165, 1.54) is 0 Å². The normalized spacial score (nSPS) is 10.1. The van der Waals surface area contributed by atoms with Crippen molar-refractivity contribution in [3.8, 4) is 0 Å². The number of nitrogens with two attached hydrogens (primary N) is 1. The summed E-state index contributed by atoms with van der Waals surface area (Å²) in [5.74, 6) is -0.371. The Hall–Kier alpha value is -1.36. The number of aromatic nitrogens is 1. The number of rotatable bonds is 4. The van der Waals surface area contributed by atoms with E-state index in [1.807, 2.05) is 6.92 Å². The fourth-order valence-corrected chi connectivity index (χ4v) is 0.803. The largest absolute Gasteiger partial charge is 0.369 e. The molecule has 0 radical (unpaired) electrons. The molecule has 0 aromatic carbocycles. The molecule has 1 aromatic heterocycles. The Morgan fingerprint density at radius 2 is 2.58 bits per heavy atom. The SMILES string of the molecule is Cc1nocc1CNCC(N)=O. The van der Waals surface area contributed by atoms with Gasteiger partial charge in [0, 0.05) is 12.1 Å². The maximum Gasteiger partial charge on any atom is 0.231 e. The van der Waals surface area contributed by atoms with E-state index >= 15 is 0 Å². The van der Waals surface area contributed by atoms with Crippen LogP contribution in [0.2, 0.25) is 0 Å². The summed E-state index contributed by atoms with van der Waals surface area (Å²) in [6, 6.07) is 0. The van der Waals surface area contributed by atoms with Gasteiger partial charge >= 0.3 is 0 Å². The standard InChI is InChI=1S/C7H11N3O2/c1-5-6(4-12-10-5)2-9-3-7(8)11/h4,9H,2-3H2,1H3,(H2,8,11). The third-order valence-electron chi connectivity index (χ3n) is 1.46. The maximum absolute atomic E-state index is 10.3. The van der Waals surface area contributed by atoms with E-state index in [1.54, 1.807) is 6.26 Å². The monoisotopic (exact) mass is 169 g/mol. The van der Waals surface area contributed by atoms with Gasteiger partial charge in [-0.05, 0) is 6.92 Å². The predicted octanol–water partition coefficient (Wildman–Crippen LogP) is -0.442. The van der Waals surface area contributed by atoms with Gasteiger partial charge in [-0.3, -0.25) is 4.79 Å². The molecule has 0 saturated carbocycles. The second-order valence-corrected chi connectivity index (χ2v) is 2.50. The molecule has 0 saturated heterocycles. The van der Waals surface area contributed by atoms with Gasteiger partial charge in [-0.1, -0.05) is 5.16 Å². The fourth-order valence-electron chi connectivity index (χ4n) is 0.803. The van der Waals surface area contributed by atoms with E-state index in [0.717, 1.165) is 11.3 Å². The molecule has 3 N–H and O–H groups in total. The van der Waals surface area contributed by atoms with Crippen molar-refractivity contribution in [2.75, 3.05) is 6.54 Å². The lowest BCUT2D eigenvalue weighted by atomic mass is 10.3. The summed E-state index contributed by atoms with van der Waals surface area (Å²) in [7, 11) is 0. The van der Waals surface area contributed by atoms with Gasteiger partial charge in [0.25, 0.3) is 0 Å². The molecule has 1 amide bonds. The van der Waals surface area contributed by atoms with E-state index < -0.39 is 0 Å². The van der Waals surface area contributed by atoms with E-state index in [0.29, 0.717) is 6.54 Å². The van der Waals surface area contributed by atoms with Crippen molar-refractivity contribution in [1.82, 2.24) is 10.5 Å². The van der Waals surface area contributed by atoms with Crippen LogP contribution in [-0.4, -0.2) is 17.6 Å². The zero-order chi connectivity index (χ0) is 8.97. The maximum atomic E-state index is 10.3. The average molecular weight is 169 g/mol. The number of aryl methyl sites for hydroxylation is 1. The quantitative estimate of drug-likeness (QED) is 0.640. The molecule has 0 spiro atoms. The zero-order valence-corrected chi connectivity index (χ0v) is 6.83. The Kier molecular flexibility index (Phi) is 2.82. The smallest absolute Gasteiger partial charge is 0.231 e. The Bertz CT molecular complexity index is 269. The number of hydrogen-bond acceptors (Lipinski definition) is 4. The molecular weight excluding hydrogens is 158 g/mol. The second-order valence-electron chi connectivity index (χ2n) is 2.50. The molecule has 12 heavy (non-hydrogen) atoms. The first-order valence-electron chi connectivity index (χ1n) is 3.59. The van der Waals surface area contributed by atoms with Crippen LogP contribution >= 0.6 is 0 Å². The second kappa shape index (κ2) is 3.87. The Balaban J connectivity index is 2.33. The Labute approximate surface area is 69.9 Å². The first-order chi connectivity index (χ1) is 5.70. The molecule has 0 atom stereocenters. The summed E-state index contributed by atoms with van der Waals surface area (Å²) in [6.45, 7) is 2.56. The van der Waals surface area contributed by atoms with Crippen LogP contribution in [0.15, 0.2) is 10.8 Å². The van der Waals surface area contributed by atoms with Crippen LogP contribution < -0.4 is 11.1 Å². The van der Waals surface area contributed by atoms with Crippen LogP contribution in [-0.2, 0) is 11.3 Å². The van der Waals surface area contributed by atoms with Gasteiger partial charge in [-0.15, -0.1) is 0 Å². The average Bonchev–Trinajstić information content (AvgIpc) is 2.36. The van der Waals surface area contributed by atoms with E-state index in [2.05, 4.69) is 10.5 Å². The van der Waals surface area contributed by atoms with Gasteiger partial charge in [-0.25, -0.2) is 0 Å². The van der Waals surface area contributed by atoms with Gasteiger partial charge in [0.1, 0.15) is 6.26 Å². The van der Waals surface area contributed by atoms with E-state index in [-0.39, 0.29) is 12.5 Å². The molecule has 1 heterocycles. The molecule has 1 aromatic rings. The number of nitrogens with one attached hydrogen (secondary N) is 1. The van der Waals surface area contributed by atoms with Crippen molar-refractivity contribution >= 4 is 5.91 Å². The lowest BCUT2D eigenvalue weighted by molar-refractivity contribution is -0.117. The zero-order valence-electron chi connectivity index (χ0n) is 6.83. The van der Waals surface area contributed by atoms with Crippen molar-refractivity contribution in [1.29, 1.82) is 0 Å². The highest BCUT2D eigenvalue weighted by Crippen LogP contribution is 2.02. The van der Waals surface area contributed by atoms with Crippen molar-refractivity contribution in [2.24, 2.45) is 5.73 Å². The number of amides is 1. The van der Waals surface area contributed by atoms with Crippen molar-refractivity contribution in [3.63, 3.8) is 0 Å². The molecule has 0 fully saturated rings. The highest BCUT2D eigenvalue weighted by molar-refractivity contribution is 5.75. The molecule has 5 heteroatoms. The van der Waals surface area contributed by atoms with Crippen molar-refractivity contribution in [2.45, 2.75) is 13.5 Å². The molecule has 0 aliphatic carbocycles. The van der Waals surface area contributed by atoms with Gasteiger partial charge < -0.3 is 15.6 Å². The predicted molar refractivity (Wildman–Crippen MR) is 42.1 cm³/mol. The Morgan fingerprint density at radius 3 is 3.08 bits per heavy atom. The molecule has 0 unspecified atom stereocenters. The molecule has 66 valence electrons. The first kappa shape index (κ1) is 8.73. The van der Waals surface area contributed by atoms with Crippen LogP contribution in [0.3, 0.4) is 0 Å². The Morgan fingerprint density at radius 1 is 1.83 bits per heavy atom. The first-order valence-corrected chi connectivity index (χ1v) is 3.59. The lowest BCUT2D eigenvalue weighted by Crippen LogP contribution is -2.28. The summed E-state index contributed by atoms with van der Waals surface area (Å²) in [5, 5.41) is 6.54. The van der Waals surface area contributed by atoms with E-state index in [9.17, 15) is 4.79 Å². The molecular formula is C7H11N3O2. The van der Waals surface area contributed by atoms with Crippen LogP contribution in [0.5, 0.6) is 0 Å². The summed E-state index contributed by atoms with van der Waals surface area (Å²) >= 11 is 0. The molecule has 0 aliphatic heterocycles. The number of primary amides is 1. The number of carbonyl (C=O) groups is 1. The number of hydrogen-bond donors (Lipinski definition) is 2. The molecule has 0 bridgehead atoms. The minimum atomic E-state index is -0.371. The van der Waals surface area contributed by atoms with Crippen LogP contribution in [0.1, 0.15) is 11.3 Å². The van der Waals surface area contributed by atoms with Crippen molar-refractivity contribution < 1.29 is 9.32 Å². The minimum Gasteiger partial charge on any atom is -0.369 e. The highest BCUT2D eigenvalue weighted by atomic mass is 16.5. The summed E-state index contributed by atoms with van der Waals surface area (Å²) in [6.07, 6.45) is 1.54. The third kappa shape index (κ3) is 2.35. The highest BCUT2D eigenvalue weighted by Gasteiger charge is 2.01. The van der Waals surface area contributed by atoms with Crippen LogP contribution in [0, 0.1) is 6.92 Å². The van der Waals surface area contributed by atoms with Crippen LogP contribution in [0.25, 0.3) is 0 Å². The minimum absolute atomic E-state index is 0.171. The number of carbonyl (C=O) groups excluding carboxylic acids is 1. The van der Waals surface area contributed by atoms with Gasteiger partial charge in [0.05, 0.1) is 12.2 Å². The summed E-state index contributed by atoms with van der Waals surface area (Å²) < 4.78 is 4.70. The van der Waals surface area contributed by atoms with Gasteiger partial charge in [-0.2, -0.15) is 0 Å². The van der Waals surface area contributed by atoms with Gasteiger partial charge in [0.2, 0.25) is 5.91 Å². The molecule has 5 nitrogen and oxygen atoms in total. The van der Waals surface area contributed by atoms with Crippen LogP contribution in [0.4, 0.5) is 0 Å². The summed E-state index contributed by atoms with van der Waals surface area (Å²) in [5.41, 5.74) is 6.70. The lowest BCUT2D eigenvalue weighted by Gasteiger charge is -1.98. The van der Waals surface area contributed by atoms with E-state index in [4.69, 9.17) is 10.3 Å². The molecule has 1 rings (SSSR count). The number of nitrogens with zero attached hydrogens (tertiary/aromatic N) is 1. The topological polar surface area (TPSA) is 81.2 Å². The van der Waals surface area contributed by atoms with Crippen molar-refractivity contribution in [3.05, 3.63) is 17.5 Å². The summed E-state index contributed by atoms with van der Waals surface area (Å²) in [4.78, 5) is 10.3. The molecule has 0 aliphatic rings.